The quantitative estimate of drug-likeness (QED) is 0.462. The Morgan fingerprint density at radius 2 is 1.72 bits per heavy atom. The molecular weight excluding hydrogens is 392 g/mol. The van der Waals surface area contributed by atoms with Crippen LogP contribution in [0.25, 0.3) is 11.1 Å². The molecule has 0 aliphatic heterocycles. The Bertz CT molecular complexity index is 1050. The Hall–Kier alpha value is -3.51. The van der Waals surface area contributed by atoms with Crippen LogP contribution < -0.4 is 11.1 Å². The third kappa shape index (κ3) is 5.06. The fourth-order valence-corrected chi connectivity index (χ4v) is 3.09. The zero-order valence-corrected chi connectivity index (χ0v) is 16.1. The predicted octanol–water partition coefficient (Wildman–Crippen LogP) is 3.72. The summed E-state index contributed by atoms with van der Waals surface area (Å²) >= 11 is 5.90. The zero-order valence-electron chi connectivity index (χ0n) is 15.3. The first-order valence-corrected chi connectivity index (χ1v) is 9.18. The number of carboxylic acids is 1. The van der Waals surface area contributed by atoms with E-state index in [1.54, 1.807) is 36.4 Å². The predicted molar refractivity (Wildman–Crippen MR) is 112 cm³/mol. The molecule has 0 fully saturated rings. The molecule has 0 aromatic heterocycles. The number of aliphatic carboxylic acids is 1. The molecule has 29 heavy (non-hydrogen) atoms. The molecule has 0 heterocycles. The second-order valence-corrected chi connectivity index (χ2v) is 6.98. The molecule has 148 valence electrons. The number of phenolic OH excluding ortho intramolecular Hbond substituents is 1. The molecule has 0 aliphatic carbocycles. The van der Waals surface area contributed by atoms with Crippen molar-refractivity contribution in [2.75, 3.05) is 5.73 Å². The SMILES string of the molecule is Nc1ccc(Cl)cc1C(=O)NC(Cc1ccc(-c2cccc(O)c2)cc1)C(=O)O. The van der Waals surface area contributed by atoms with Gasteiger partial charge in [-0.25, -0.2) is 4.79 Å². The molecule has 0 spiro atoms. The molecule has 0 aliphatic rings. The van der Waals surface area contributed by atoms with Gasteiger partial charge in [-0.2, -0.15) is 0 Å². The molecule has 0 bridgehead atoms. The van der Waals surface area contributed by atoms with Gasteiger partial charge in [-0.1, -0.05) is 48.0 Å². The highest BCUT2D eigenvalue weighted by atomic mass is 35.5. The summed E-state index contributed by atoms with van der Waals surface area (Å²) in [5, 5.41) is 21.9. The van der Waals surface area contributed by atoms with Crippen LogP contribution >= 0.6 is 11.6 Å². The van der Waals surface area contributed by atoms with Crippen LogP contribution in [0.4, 0.5) is 5.69 Å². The smallest absolute Gasteiger partial charge is 0.326 e. The average Bonchev–Trinajstić information content (AvgIpc) is 2.69. The first kappa shape index (κ1) is 20.2. The van der Waals surface area contributed by atoms with Crippen molar-refractivity contribution < 1.29 is 19.8 Å². The molecule has 3 aromatic carbocycles. The highest BCUT2D eigenvalue weighted by Gasteiger charge is 2.22. The number of amides is 1. The van der Waals surface area contributed by atoms with Crippen molar-refractivity contribution in [3.05, 3.63) is 82.9 Å². The summed E-state index contributed by atoms with van der Waals surface area (Å²) < 4.78 is 0. The summed E-state index contributed by atoms with van der Waals surface area (Å²) in [7, 11) is 0. The summed E-state index contributed by atoms with van der Waals surface area (Å²) in [6, 6.07) is 17.4. The maximum atomic E-state index is 12.5. The minimum atomic E-state index is -1.16. The summed E-state index contributed by atoms with van der Waals surface area (Å²) in [5.74, 6) is -1.59. The van der Waals surface area contributed by atoms with E-state index in [1.807, 2.05) is 18.2 Å². The van der Waals surface area contributed by atoms with Gasteiger partial charge in [0.05, 0.1) is 5.56 Å². The highest BCUT2D eigenvalue weighted by Crippen LogP contribution is 2.24. The number of nitrogens with one attached hydrogen (secondary N) is 1. The first-order chi connectivity index (χ1) is 13.8. The minimum Gasteiger partial charge on any atom is -0.508 e. The van der Waals surface area contributed by atoms with Crippen LogP contribution in [0.2, 0.25) is 5.02 Å². The number of nitrogen functional groups attached to an aromatic ring is 1. The second kappa shape index (κ2) is 8.67. The average molecular weight is 411 g/mol. The molecule has 1 unspecified atom stereocenters. The number of carbonyl (C=O) groups is 2. The number of rotatable bonds is 6. The molecule has 3 rings (SSSR count). The van der Waals surface area contributed by atoms with Gasteiger partial charge in [0.2, 0.25) is 0 Å². The Balaban J connectivity index is 1.74. The summed E-state index contributed by atoms with van der Waals surface area (Å²) in [6.07, 6.45) is 0.0991. The fraction of sp³-hybridized carbons (Fsp3) is 0.0909. The number of hydrogen-bond donors (Lipinski definition) is 4. The number of carboxylic acid groups (broad SMARTS) is 1. The lowest BCUT2D eigenvalue weighted by Gasteiger charge is -2.16. The van der Waals surface area contributed by atoms with Crippen LogP contribution in [0.3, 0.4) is 0 Å². The van der Waals surface area contributed by atoms with E-state index >= 15 is 0 Å². The number of benzene rings is 3. The topological polar surface area (TPSA) is 113 Å². The summed E-state index contributed by atoms with van der Waals surface area (Å²) in [5.41, 5.74) is 8.60. The normalized spacial score (nSPS) is 11.6. The third-order valence-electron chi connectivity index (χ3n) is 4.44. The van der Waals surface area contributed by atoms with Crippen molar-refractivity contribution in [2.45, 2.75) is 12.5 Å². The molecule has 5 N–H and O–H groups in total. The second-order valence-electron chi connectivity index (χ2n) is 6.55. The van der Waals surface area contributed by atoms with Crippen molar-refractivity contribution in [3.63, 3.8) is 0 Å². The van der Waals surface area contributed by atoms with Crippen molar-refractivity contribution in [3.8, 4) is 16.9 Å². The van der Waals surface area contributed by atoms with Gasteiger partial charge in [0.15, 0.2) is 0 Å². The molecule has 6 nitrogen and oxygen atoms in total. The van der Waals surface area contributed by atoms with Crippen LogP contribution in [0.1, 0.15) is 15.9 Å². The monoisotopic (exact) mass is 410 g/mol. The Kier molecular flexibility index (Phi) is 6.04. The Labute approximate surface area is 172 Å². The number of phenols is 1. The van der Waals surface area contributed by atoms with E-state index < -0.39 is 17.9 Å². The van der Waals surface area contributed by atoms with Crippen LogP contribution in [0.5, 0.6) is 5.75 Å². The van der Waals surface area contributed by atoms with Gasteiger partial charge in [-0.05, 0) is 47.0 Å². The largest absolute Gasteiger partial charge is 0.508 e. The molecule has 0 saturated heterocycles. The first-order valence-electron chi connectivity index (χ1n) is 8.80. The maximum absolute atomic E-state index is 12.5. The lowest BCUT2D eigenvalue weighted by atomic mass is 10.00. The van der Waals surface area contributed by atoms with E-state index in [1.165, 1.54) is 12.1 Å². The van der Waals surface area contributed by atoms with E-state index in [0.717, 1.165) is 16.7 Å². The lowest BCUT2D eigenvalue weighted by Crippen LogP contribution is -2.42. The van der Waals surface area contributed by atoms with Crippen LogP contribution in [-0.2, 0) is 11.2 Å². The molecule has 3 aromatic rings. The van der Waals surface area contributed by atoms with Gasteiger partial charge in [-0.15, -0.1) is 0 Å². The molecule has 0 saturated carbocycles. The van der Waals surface area contributed by atoms with E-state index in [9.17, 15) is 19.8 Å². The molecule has 1 atom stereocenters. The third-order valence-corrected chi connectivity index (χ3v) is 4.67. The fourth-order valence-electron chi connectivity index (χ4n) is 2.92. The Morgan fingerprint density at radius 1 is 1.00 bits per heavy atom. The molecule has 7 heteroatoms. The van der Waals surface area contributed by atoms with E-state index in [-0.39, 0.29) is 23.4 Å². The molecule has 1 amide bonds. The van der Waals surface area contributed by atoms with Gasteiger partial charge < -0.3 is 21.3 Å². The van der Waals surface area contributed by atoms with Crippen molar-refractivity contribution in [2.24, 2.45) is 0 Å². The van der Waals surface area contributed by atoms with Crippen molar-refractivity contribution in [1.82, 2.24) is 5.32 Å². The van der Waals surface area contributed by atoms with Crippen molar-refractivity contribution >= 4 is 29.2 Å². The van der Waals surface area contributed by atoms with E-state index in [2.05, 4.69) is 5.32 Å². The molecular formula is C22H19ClN2O4. The van der Waals surface area contributed by atoms with Crippen LogP contribution in [-0.4, -0.2) is 28.1 Å². The van der Waals surface area contributed by atoms with Gasteiger partial charge in [0.25, 0.3) is 5.91 Å². The number of aromatic hydroxyl groups is 1. The van der Waals surface area contributed by atoms with Gasteiger partial charge in [-0.3, -0.25) is 4.79 Å². The number of nitrogens with two attached hydrogens (primary N) is 1. The lowest BCUT2D eigenvalue weighted by molar-refractivity contribution is -0.139. The minimum absolute atomic E-state index is 0.0991. The standard InChI is InChI=1S/C22H19ClN2O4/c23-16-8-9-19(24)18(12-16)21(27)25-20(22(28)29)10-13-4-6-14(7-5-13)15-2-1-3-17(26)11-15/h1-9,11-12,20,26H,10,24H2,(H,25,27)(H,28,29). The number of carbonyl (C=O) groups excluding carboxylic acids is 1. The zero-order chi connectivity index (χ0) is 21.0. The van der Waals surface area contributed by atoms with Gasteiger partial charge in [0, 0.05) is 17.1 Å². The van der Waals surface area contributed by atoms with Gasteiger partial charge in [0.1, 0.15) is 11.8 Å². The van der Waals surface area contributed by atoms with Gasteiger partial charge >= 0.3 is 5.97 Å². The Morgan fingerprint density at radius 3 is 2.38 bits per heavy atom. The van der Waals surface area contributed by atoms with Crippen LogP contribution in [0.15, 0.2) is 66.7 Å². The van der Waals surface area contributed by atoms with Crippen LogP contribution in [0, 0.1) is 0 Å². The summed E-state index contributed by atoms with van der Waals surface area (Å²) in [6.45, 7) is 0. The van der Waals surface area contributed by atoms with E-state index in [4.69, 9.17) is 17.3 Å². The highest BCUT2D eigenvalue weighted by molar-refractivity contribution is 6.31. The summed E-state index contributed by atoms with van der Waals surface area (Å²) in [4.78, 5) is 24.1. The van der Waals surface area contributed by atoms with E-state index in [0.29, 0.717) is 5.02 Å². The number of hydrogen-bond acceptors (Lipinski definition) is 4. The molecule has 0 radical (unpaired) electrons. The number of halogens is 1. The maximum Gasteiger partial charge on any atom is 0.326 e. The number of anilines is 1. The van der Waals surface area contributed by atoms with Crippen molar-refractivity contribution in [1.29, 1.82) is 0 Å².